The van der Waals surface area contributed by atoms with Crippen molar-refractivity contribution < 1.29 is 4.79 Å². The van der Waals surface area contributed by atoms with Gasteiger partial charge in [-0.15, -0.1) is 5.10 Å². The van der Waals surface area contributed by atoms with Gasteiger partial charge in [0.15, 0.2) is 5.82 Å². The van der Waals surface area contributed by atoms with Gasteiger partial charge in [-0.2, -0.15) is 10.4 Å². The molecule has 0 spiro atoms. The van der Waals surface area contributed by atoms with E-state index in [9.17, 15) is 10.1 Å². The molecule has 1 aliphatic rings. The third-order valence-electron chi connectivity index (χ3n) is 4.01. The molecule has 1 aliphatic heterocycles. The molecule has 6 nitrogen and oxygen atoms in total. The molecule has 1 saturated heterocycles. The summed E-state index contributed by atoms with van der Waals surface area (Å²) in [5.41, 5.74) is 2.30. The smallest absolute Gasteiger partial charge is 0.216 e. The van der Waals surface area contributed by atoms with Crippen molar-refractivity contribution in [3.05, 3.63) is 16.8 Å². The number of carbonyl (C=O) groups excluding carboxylic acids is 1. The van der Waals surface area contributed by atoms with Crippen LogP contribution in [0.5, 0.6) is 0 Å². The number of rotatable bonds is 3. The van der Waals surface area contributed by atoms with Crippen molar-refractivity contribution >= 4 is 11.7 Å². The molecule has 6 heteroatoms. The third-order valence-corrected chi connectivity index (χ3v) is 4.01. The fourth-order valence-corrected chi connectivity index (χ4v) is 2.66. The van der Waals surface area contributed by atoms with Crippen LogP contribution in [0.25, 0.3) is 0 Å². The lowest BCUT2D eigenvalue weighted by Crippen LogP contribution is -2.41. The molecule has 2 rings (SSSR count). The van der Waals surface area contributed by atoms with E-state index >= 15 is 0 Å². The number of hydrogen-bond acceptors (Lipinski definition) is 5. The summed E-state index contributed by atoms with van der Waals surface area (Å²) in [6, 6.07) is 2.25. The van der Waals surface area contributed by atoms with Crippen molar-refractivity contribution in [3.63, 3.8) is 0 Å². The molecule has 1 fully saturated rings. The Morgan fingerprint density at radius 2 is 2.24 bits per heavy atom. The van der Waals surface area contributed by atoms with E-state index in [0.717, 1.165) is 37.2 Å². The predicted molar refractivity (Wildman–Crippen MR) is 79.8 cm³/mol. The first-order chi connectivity index (χ1) is 10.0. The number of carbonyl (C=O) groups is 1. The van der Waals surface area contributed by atoms with Gasteiger partial charge in [-0.3, -0.25) is 4.79 Å². The summed E-state index contributed by atoms with van der Waals surface area (Å²) < 4.78 is 0. The number of nitriles is 1. The third kappa shape index (κ3) is 3.48. The highest BCUT2D eigenvalue weighted by atomic mass is 16.1. The van der Waals surface area contributed by atoms with Gasteiger partial charge in [0.25, 0.3) is 0 Å². The maximum absolute atomic E-state index is 11.0. The Morgan fingerprint density at radius 1 is 1.48 bits per heavy atom. The fourth-order valence-electron chi connectivity index (χ4n) is 2.66. The Bertz CT molecular complexity index is 578. The highest BCUT2D eigenvalue weighted by molar-refractivity contribution is 5.72. The standard InChI is InChI=1S/C15H21N5O/c1-10-11(2)18-19-15(14(10)7-16)20-6-4-5-13(9-20)8-17-12(3)21/h13H,4-6,8-9H2,1-3H3,(H,17,21). The molecule has 1 unspecified atom stereocenters. The van der Waals surface area contributed by atoms with Gasteiger partial charge in [-0.1, -0.05) is 0 Å². The van der Waals surface area contributed by atoms with E-state index in [4.69, 9.17) is 0 Å². The Morgan fingerprint density at radius 3 is 2.90 bits per heavy atom. The lowest BCUT2D eigenvalue weighted by Gasteiger charge is -2.34. The zero-order valence-corrected chi connectivity index (χ0v) is 12.8. The summed E-state index contributed by atoms with van der Waals surface area (Å²) in [5, 5.41) is 20.6. The summed E-state index contributed by atoms with van der Waals surface area (Å²) >= 11 is 0. The van der Waals surface area contributed by atoms with E-state index in [1.54, 1.807) is 0 Å². The van der Waals surface area contributed by atoms with Crippen LogP contribution in [0.3, 0.4) is 0 Å². The van der Waals surface area contributed by atoms with Gasteiger partial charge in [0.05, 0.1) is 5.69 Å². The van der Waals surface area contributed by atoms with Gasteiger partial charge in [0.2, 0.25) is 5.91 Å². The van der Waals surface area contributed by atoms with Crippen LogP contribution in [0, 0.1) is 31.1 Å². The zero-order valence-electron chi connectivity index (χ0n) is 12.8. The quantitative estimate of drug-likeness (QED) is 0.906. The number of hydrogen-bond donors (Lipinski definition) is 1. The molecule has 0 aliphatic carbocycles. The van der Waals surface area contributed by atoms with Crippen molar-refractivity contribution in [1.82, 2.24) is 15.5 Å². The second-order valence-electron chi connectivity index (χ2n) is 5.61. The summed E-state index contributed by atoms with van der Waals surface area (Å²) in [5.74, 6) is 1.06. The van der Waals surface area contributed by atoms with Crippen LogP contribution in [-0.2, 0) is 4.79 Å². The predicted octanol–water partition coefficient (Wildman–Crippen LogP) is 1.32. The Kier molecular flexibility index (Phi) is 4.73. The minimum absolute atomic E-state index is 0.00388. The fraction of sp³-hybridized carbons (Fsp3) is 0.600. The molecule has 0 saturated carbocycles. The number of amides is 1. The van der Waals surface area contributed by atoms with Gasteiger partial charge < -0.3 is 10.2 Å². The summed E-state index contributed by atoms with van der Waals surface area (Å²) in [6.45, 7) is 7.65. The van der Waals surface area contributed by atoms with Crippen molar-refractivity contribution in [2.75, 3.05) is 24.5 Å². The van der Waals surface area contributed by atoms with E-state index in [-0.39, 0.29) is 5.91 Å². The van der Waals surface area contributed by atoms with Crippen LogP contribution in [0.15, 0.2) is 0 Å². The number of nitrogens with zero attached hydrogens (tertiary/aromatic N) is 4. The normalized spacial score (nSPS) is 18.2. The topological polar surface area (TPSA) is 81.9 Å². The molecule has 1 atom stereocenters. The molecule has 1 N–H and O–H groups in total. The van der Waals surface area contributed by atoms with E-state index in [1.807, 2.05) is 13.8 Å². The largest absolute Gasteiger partial charge is 0.356 e. The summed E-state index contributed by atoms with van der Waals surface area (Å²) in [6.07, 6.45) is 2.11. The molecule has 1 aromatic rings. The highest BCUT2D eigenvalue weighted by Gasteiger charge is 2.24. The Labute approximate surface area is 125 Å². The first-order valence-corrected chi connectivity index (χ1v) is 7.26. The number of aryl methyl sites for hydroxylation is 1. The molecule has 1 amide bonds. The van der Waals surface area contributed by atoms with Gasteiger partial charge in [-0.05, 0) is 38.2 Å². The van der Waals surface area contributed by atoms with Crippen LogP contribution < -0.4 is 10.2 Å². The average molecular weight is 287 g/mol. The SMILES string of the molecule is CC(=O)NCC1CCCN(c2nnc(C)c(C)c2C#N)C1. The van der Waals surface area contributed by atoms with Crippen LogP contribution >= 0.6 is 0 Å². The van der Waals surface area contributed by atoms with E-state index in [1.165, 1.54) is 6.92 Å². The lowest BCUT2D eigenvalue weighted by molar-refractivity contribution is -0.119. The minimum Gasteiger partial charge on any atom is -0.356 e. The van der Waals surface area contributed by atoms with Crippen LogP contribution in [0.2, 0.25) is 0 Å². The average Bonchev–Trinajstić information content (AvgIpc) is 2.48. The summed E-state index contributed by atoms with van der Waals surface area (Å²) in [7, 11) is 0. The first-order valence-electron chi connectivity index (χ1n) is 7.26. The lowest BCUT2D eigenvalue weighted by atomic mass is 9.97. The number of piperidine rings is 1. The van der Waals surface area contributed by atoms with Crippen LogP contribution in [0.1, 0.15) is 36.6 Å². The van der Waals surface area contributed by atoms with E-state index in [2.05, 4.69) is 26.5 Å². The van der Waals surface area contributed by atoms with Gasteiger partial charge in [-0.25, -0.2) is 0 Å². The number of nitrogens with one attached hydrogen (secondary N) is 1. The van der Waals surface area contributed by atoms with Crippen molar-refractivity contribution in [3.8, 4) is 6.07 Å². The Hall–Kier alpha value is -2.16. The molecular weight excluding hydrogens is 266 g/mol. The van der Waals surface area contributed by atoms with Gasteiger partial charge in [0, 0.05) is 26.6 Å². The molecular formula is C15H21N5O. The monoisotopic (exact) mass is 287 g/mol. The molecule has 0 bridgehead atoms. The highest BCUT2D eigenvalue weighted by Crippen LogP contribution is 2.26. The van der Waals surface area contributed by atoms with Crippen molar-refractivity contribution in [2.45, 2.75) is 33.6 Å². The molecule has 0 aromatic carbocycles. The number of anilines is 1. The van der Waals surface area contributed by atoms with E-state index in [0.29, 0.717) is 23.8 Å². The van der Waals surface area contributed by atoms with Crippen molar-refractivity contribution in [2.24, 2.45) is 5.92 Å². The first kappa shape index (κ1) is 15.2. The molecule has 21 heavy (non-hydrogen) atoms. The molecule has 1 aromatic heterocycles. The summed E-state index contributed by atoms with van der Waals surface area (Å²) in [4.78, 5) is 13.1. The minimum atomic E-state index is -0.00388. The molecule has 112 valence electrons. The van der Waals surface area contributed by atoms with Gasteiger partial charge in [0.1, 0.15) is 11.6 Å². The second-order valence-corrected chi connectivity index (χ2v) is 5.61. The maximum Gasteiger partial charge on any atom is 0.216 e. The van der Waals surface area contributed by atoms with Gasteiger partial charge >= 0.3 is 0 Å². The molecule has 2 heterocycles. The maximum atomic E-state index is 11.0. The van der Waals surface area contributed by atoms with E-state index < -0.39 is 0 Å². The van der Waals surface area contributed by atoms with Crippen LogP contribution in [-0.4, -0.2) is 35.7 Å². The zero-order chi connectivity index (χ0) is 15.4. The van der Waals surface area contributed by atoms with Crippen molar-refractivity contribution in [1.29, 1.82) is 5.26 Å². The second kappa shape index (κ2) is 6.53. The number of aromatic nitrogens is 2. The Balaban J connectivity index is 2.17. The molecule has 0 radical (unpaired) electrons. The van der Waals surface area contributed by atoms with Crippen LogP contribution in [0.4, 0.5) is 5.82 Å².